The molecule has 0 fully saturated rings. The average Bonchev–Trinajstić information content (AvgIpc) is 2.67. The van der Waals surface area contributed by atoms with Crippen LogP contribution in [0.1, 0.15) is 34.0 Å². The molecule has 0 spiro atoms. The van der Waals surface area contributed by atoms with Gasteiger partial charge < -0.3 is 10.4 Å². The van der Waals surface area contributed by atoms with Crippen LogP contribution in [0.3, 0.4) is 0 Å². The number of aryl methyl sites for hydroxylation is 2. The first kappa shape index (κ1) is 18.9. The van der Waals surface area contributed by atoms with Crippen LogP contribution in [0.25, 0.3) is 11.1 Å². The van der Waals surface area contributed by atoms with Crippen LogP contribution in [-0.4, -0.2) is 17.6 Å². The predicted molar refractivity (Wildman–Crippen MR) is 110 cm³/mol. The minimum atomic E-state index is -1.15. The van der Waals surface area contributed by atoms with Crippen molar-refractivity contribution in [3.8, 4) is 11.1 Å². The van der Waals surface area contributed by atoms with Gasteiger partial charge in [0.15, 0.2) is 0 Å². The number of rotatable bonds is 5. The van der Waals surface area contributed by atoms with Gasteiger partial charge in [0, 0.05) is 5.56 Å². The van der Waals surface area contributed by atoms with E-state index in [1.165, 1.54) is 0 Å². The Hall–Kier alpha value is -2.91. The molecule has 0 aliphatic heterocycles. The van der Waals surface area contributed by atoms with Gasteiger partial charge >= 0.3 is 0 Å². The molecule has 0 aliphatic carbocycles. The second-order valence-electron chi connectivity index (χ2n) is 7.22. The van der Waals surface area contributed by atoms with Gasteiger partial charge in [-0.05, 0) is 49.1 Å². The van der Waals surface area contributed by atoms with Gasteiger partial charge in [-0.3, -0.25) is 4.79 Å². The number of hydrogen-bond acceptors (Lipinski definition) is 2. The molecule has 0 saturated heterocycles. The first-order valence-electron chi connectivity index (χ1n) is 9.10. The summed E-state index contributed by atoms with van der Waals surface area (Å²) in [5.41, 5.74) is 4.53. The Labute approximate surface area is 160 Å². The van der Waals surface area contributed by atoms with E-state index in [0.717, 1.165) is 27.8 Å². The Bertz CT molecular complexity index is 928. The van der Waals surface area contributed by atoms with Crippen LogP contribution in [-0.2, 0) is 5.60 Å². The van der Waals surface area contributed by atoms with E-state index in [2.05, 4.69) is 17.4 Å². The lowest BCUT2D eigenvalue weighted by molar-refractivity contribution is 0.0526. The van der Waals surface area contributed by atoms with Crippen molar-refractivity contribution in [3.63, 3.8) is 0 Å². The molecular weight excluding hydrogens is 334 g/mol. The Morgan fingerprint density at radius 3 is 2.19 bits per heavy atom. The fraction of sp³-hybridized carbons (Fsp3) is 0.208. The minimum absolute atomic E-state index is 0.143. The van der Waals surface area contributed by atoms with Crippen molar-refractivity contribution in [1.82, 2.24) is 5.32 Å². The number of carbonyl (C=O) groups is 1. The number of carbonyl (C=O) groups excluding carboxylic acids is 1. The van der Waals surface area contributed by atoms with Crippen LogP contribution in [0, 0.1) is 13.8 Å². The first-order valence-corrected chi connectivity index (χ1v) is 9.10. The summed E-state index contributed by atoms with van der Waals surface area (Å²) >= 11 is 0. The van der Waals surface area contributed by atoms with Gasteiger partial charge in [0.1, 0.15) is 5.60 Å². The first-order chi connectivity index (χ1) is 12.9. The van der Waals surface area contributed by atoms with Gasteiger partial charge in [0.25, 0.3) is 5.91 Å². The molecule has 0 saturated carbocycles. The summed E-state index contributed by atoms with van der Waals surface area (Å²) in [4.78, 5) is 12.5. The van der Waals surface area contributed by atoms with E-state index in [1.54, 1.807) is 6.92 Å². The van der Waals surface area contributed by atoms with Crippen LogP contribution in [0.4, 0.5) is 0 Å². The fourth-order valence-corrected chi connectivity index (χ4v) is 3.17. The van der Waals surface area contributed by atoms with Crippen LogP contribution < -0.4 is 5.32 Å². The van der Waals surface area contributed by atoms with Gasteiger partial charge in [0.2, 0.25) is 0 Å². The van der Waals surface area contributed by atoms with E-state index in [4.69, 9.17) is 0 Å². The highest BCUT2D eigenvalue weighted by Gasteiger charge is 2.24. The van der Waals surface area contributed by atoms with E-state index in [9.17, 15) is 9.90 Å². The van der Waals surface area contributed by atoms with Crippen LogP contribution >= 0.6 is 0 Å². The average molecular weight is 359 g/mol. The van der Waals surface area contributed by atoms with Gasteiger partial charge in [0.05, 0.1) is 6.54 Å². The smallest absolute Gasteiger partial charge is 0.251 e. The summed E-state index contributed by atoms with van der Waals surface area (Å²) in [5, 5.41) is 13.7. The largest absolute Gasteiger partial charge is 0.384 e. The molecule has 3 aromatic carbocycles. The van der Waals surface area contributed by atoms with Crippen molar-refractivity contribution < 1.29 is 9.90 Å². The molecule has 3 nitrogen and oxygen atoms in total. The second kappa shape index (κ2) is 7.77. The summed E-state index contributed by atoms with van der Waals surface area (Å²) in [6, 6.07) is 23.6. The highest BCUT2D eigenvalue weighted by atomic mass is 16.3. The molecule has 1 atom stereocenters. The van der Waals surface area contributed by atoms with E-state index in [1.807, 2.05) is 74.5 Å². The van der Waals surface area contributed by atoms with E-state index in [-0.39, 0.29) is 12.5 Å². The summed E-state index contributed by atoms with van der Waals surface area (Å²) in [6.07, 6.45) is 0. The van der Waals surface area contributed by atoms with Crippen molar-refractivity contribution in [3.05, 3.63) is 95.1 Å². The van der Waals surface area contributed by atoms with Crippen molar-refractivity contribution in [2.75, 3.05) is 6.54 Å². The highest BCUT2D eigenvalue weighted by molar-refractivity contribution is 5.95. The molecule has 0 aliphatic rings. The van der Waals surface area contributed by atoms with Crippen LogP contribution in [0.2, 0.25) is 0 Å². The van der Waals surface area contributed by atoms with Crippen molar-refractivity contribution >= 4 is 5.91 Å². The number of hydrogen-bond donors (Lipinski definition) is 2. The zero-order valence-corrected chi connectivity index (χ0v) is 16.0. The number of amides is 1. The molecule has 0 heterocycles. The fourth-order valence-electron chi connectivity index (χ4n) is 3.17. The molecule has 3 heteroatoms. The van der Waals surface area contributed by atoms with Gasteiger partial charge in [-0.2, -0.15) is 0 Å². The summed E-state index contributed by atoms with van der Waals surface area (Å²) in [5.74, 6) is -0.173. The summed E-state index contributed by atoms with van der Waals surface area (Å²) in [7, 11) is 0. The van der Waals surface area contributed by atoms with Crippen molar-refractivity contribution in [2.24, 2.45) is 0 Å². The number of aliphatic hydroxyl groups is 1. The Morgan fingerprint density at radius 1 is 0.926 bits per heavy atom. The molecule has 138 valence electrons. The lowest BCUT2D eigenvalue weighted by Gasteiger charge is -2.25. The standard InChI is InChI=1S/C24H25NO2/c1-17-9-14-22(18(2)15-17)23(26)25-16-24(3,27)21-12-10-20(11-13-21)19-7-5-4-6-8-19/h4-15,27H,16H2,1-3H3,(H,25,26). The van der Waals surface area contributed by atoms with Gasteiger partial charge in [-0.15, -0.1) is 0 Å². The van der Waals surface area contributed by atoms with Crippen LogP contribution in [0.5, 0.6) is 0 Å². The van der Waals surface area contributed by atoms with Crippen LogP contribution in [0.15, 0.2) is 72.8 Å². The monoisotopic (exact) mass is 359 g/mol. The zero-order valence-electron chi connectivity index (χ0n) is 16.0. The predicted octanol–water partition coefficient (Wildman–Crippen LogP) is 4.61. The molecule has 0 aromatic heterocycles. The number of benzene rings is 3. The Morgan fingerprint density at radius 2 is 1.56 bits per heavy atom. The van der Waals surface area contributed by atoms with E-state index < -0.39 is 5.60 Å². The molecule has 3 aromatic rings. The molecule has 0 bridgehead atoms. The molecule has 27 heavy (non-hydrogen) atoms. The van der Waals surface area contributed by atoms with Crippen molar-refractivity contribution in [1.29, 1.82) is 0 Å². The third kappa shape index (κ3) is 4.44. The van der Waals surface area contributed by atoms with Gasteiger partial charge in [-0.25, -0.2) is 0 Å². The summed E-state index contributed by atoms with van der Waals surface area (Å²) < 4.78 is 0. The molecule has 1 amide bonds. The topological polar surface area (TPSA) is 49.3 Å². The third-order valence-electron chi connectivity index (χ3n) is 4.83. The van der Waals surface area contributed by atoms with Gasteiger partial charge in [-0.1, -0.05) is 72.3 Å². The highest BCUT2D eigenvalue weighted by Crippen LogP contribution is 2.25. The minimum Gasteiger partial charge on any atom is -0.384 e. The quantitative estimate of drug-likeness (QED) is 0.699. The normalized spacial score (nSPS) is 13.0. The molecule has 2 N–H and O–H groups in total. The summed E-state index contributed by atoms with van der Waals surface area (Å²) in [6.45, 7) is 5.78. The lowest BCUT2D eigenvalue weighted by Crippen LogP contribution is -2.38. The SMILES string of the molecule is Cc1ccc(C(=O)NCC(C)(O)c2ccc(-c3ccccc3)cc2)c(C)c1. The Kier molecular flexibility index (Phi) is 5.43. The molecular formula is C24H25NO2. The number of nitrogens with one attached hydrogen (secondary N) is 1. The maximum atomic E-state index is 12.5. The molecule has 3 rings (SSSR count). The maximum Gasteiger partial charge on any atom is 0.251 e. The second-order valence-corrected chi connectivity index (χ2v) is 7.22. The maximum absolute atomic E-state index is 12.5. The van der Waals surface area contributed by atoms with E-state index in [0.29, 0.717) is 5.56 Å². The third-order valence-corrected chi connectivity index (χ3v) is 4.83. The van der Waals surface area contributed by atoms with E-state index >= 15 is 0 Å². The Balaban J connectivity index is 1.70. The lowest BCUT2D eigenvalue weighted by atomic mass is 9.93. The van der Waals surface area contributed by atoms with Crippen molar-refractivity contribution in [2.45, 2.75) is 26.4 Å². The molecule has 0 radical (unpaired) electrons. The zero-order chi connectivity index (χ0) is 19.4. The molecule has 1 unspecified atom stereocenters.